The van der Waals surface area contributed by atoms with Gasteiger partial charge in [0.2, 0.25) is 5.88 Å². The van der Waals surface area contributed by atoms with Crippen LogP contribution in [0.15, 0.2) is 36.7 Å². The zero-order valence-electron chi connectivity index (χ0n) is 10.0. The van der Waals surface area contributed by atoms with Gasteiger partial charge in [-0.1, -0.05) is 23.7 Å². The highest BCUT2D eigenvalue weighted by Crippen LogP contribution is 2.21. The van der Waals surface area contributed by atoms with Crippen LogP contribution < -0.4 is 10.5 Å². The Morgan fingerprint density at radius 1 is 1.22 bits per heavy atom. The van der Waals surface area contributed by atoms with Gasteiger partial charge in [-0.2, -0.15) is 0 Å². The minimum absolute atomic E-state index is 0.255. The Kier molecular flexibility index (Phi) is 4.12. The van der Waals surface area contributed by atoms with Crippen molar-refractivity contribution >= 4 is 11.6 Å². The summed E-state index contributed by atoms with van der Waals surface area (Å²) in [5.41, 5.74) is 7.88. The van der Waals surface area contributed by atoms with Crippen LogP contribution in [0.5, 0.6) is 5.88 Å². The van der Waals surface area contributed by atoms with Crippen molar-refractivity contribution in [3.63, 3.8) is 0 Å². The van der Waals surface area contributed by atoms with Gasteiger partial charge in [-0.05, 0) is 24.1 Å². The average Bonchev–Trinajstić information content (AvgIpc) is 2.41. The van der Waals surface area contributed by atoms with Gasteiger partial charge < -0.3 is 10.5 Å². The third-order valence-electron chi connectivity index (χ3n) is 2.60. The van der Waals surface area contributed by atoms with E-state index in [0.29, 0.717) is 23.0 Å². The van der Waals surface area contributed by atoms with E-state index in [-0.39, 0.29) is 6.04 Å². The molecule has 1 aromatic carbocycles. The number of methoxy groups -OCH3 is 1. The molecule has 5 heteroatoms. The van der Waals surface area contributed by atoms with Crippen molar-refractivity contribution in [3.8, 4) is 5.88 Å². The van der Waals surface area contributed by atoms with Crippen LogP contribution >= 0.6 is 11.6 Å². The fourth-order valence-corrected chi connectivity index (χ4v) is 1.84. The van der Waals surface area contributed by atoms with Crippen molar-refractivity contribution in [3.05, 3.63) is 52.9 Å². The standard InChI is InChI=1S/C13H14ClN3O/c1-18-13-12(16-6-7-17-13)11(15)8-9-2-4-10(14)5-3-9/h2-7,11H,8,15H2,1H3. The lowest BCUT2D eigenvalue weighted by atomic mass is 10.0. The summed E-state index contributed by atoms with van der Waals surface area (Å²) in [4.78, 5) is 8.31. The van der Waals surface area contributed by atoms with E-state index in [1.165, 1.54) is 0 Å². The molecule has 0 bridgehead atoms. The molecule has 94 valence electrons. The summed E-state index contributed by atoms with van der Waals surface area (Å²) in [5.74, 6) is 0.471. The van der Waals surface area contributed by atoms with Crippen LogP contribution in [0.3, 0.4) is 0 Å². The van der Waals surface area contributed by atoms with Crippen LogP contribution in [-0.4, -0.2) is 17.1 Å². The number of hydrogen-bond acceptors (Lipinski definition) is 4. The maximum Gasteiger partial charge on any atom is 0.236 e. The Hall–Kier alpha value is -1.65. The molecule has 0 amide bonds. The highest BCUT2D eigenvalue weighted by atomic mass is 35.5. The normalized spacial score (nSPS) is 12.2. The van der Waals surface area contributed by atoms with Crippen LogP contribution in [0.2, 0.25) is 5.02 Å². The Bertz CT molecular complexity index is 516. The van der Waals surface area contributed by atoms with E-state index >= 15 is 0 Å². The van der Waals surface area contributed by atoms with Gasteiger partial charge >= 0.3 is 0 Å². The lowest BCUT2D eigenvalue weighted by molar-refractivity contribution is 0.384. The molecule has 18 heavy (non-hydrogen) atoms. The quantitative estimate of drug-likeness (QED) is 0.920. The summed E-state index contributed by atoms with van der Waals surface area (Å²) < 4.78 is 5.15. The van der Waals surface area contributed by atoms with E-state index in [9.17, 15) is 0 Å². The Balaban J connectivity index is 2.16. The third-order valence-corrected chi connectivity index (χ3v) is 2.86. The zero-order valence-corrected chi connectivity index (χ0v) is 10.8. The van der Waals surface area contributed by atoms with Crippen LogP contribution in [0.1, 0.15) is 17.3 Å². The molecule has 0 aliphatic carbocycles. The molecule has 2 N–H and O–H groups in total. The number of hydrogen-bond donors (Lipinski definition) is 1. The summed E-state index contributed by atoms with van der Waals surface area (Å²) in [6.45, 7) is 0. The van der Waals surface area contributed by atoms with Gasteiger partial charge in [-0.15, -0.1) is 0 Å². The molecule has 1 unspecified atom stereocenters. The van der Waals surface area contributed by atoms with Crippen LogP contribution in [0.4, 0.5) is 0 Å². The molecule has 0 aliphatic rings. The van der Waals surface area contributed by atoms with Gasteiger partial charge in [0.1, 0.15) is 5.69 Å². The van der Waals surface area contributed by atoms with E-state index in [1.807, 2.05) is 24.3 Å². The smallest absolute Gasteiger partial charge is 0.236 e. The Labute approximate surface area is 111 Å². The molecule has 4 nitrogen and oxygen atoms in total. The van der Waals surface area contributed by atoms with E-state index in [2.05, 4.69) is 9.97 Å². The third kappa shape index (κ3) is 2.97. The van der Waals surface area contributed by atoms with Gasteiger partial charge in [0.25, 0.3) is 0 Å². The topological polar surface area (TPSA) is 61.0 Å². The van der Waals surface area contributed by atoms with Gasteiger partial charge in [0.15, 0.2) is 0 Å². The SMILES string of the molecule is COc1nccnc1C(N)Cc1ccc(Cl)cc1. The molecule has 2 aromatic rings. The predicted octanol–water partition coefficient (Wildman–Crippen LogP) is 2.38. The van der Waals surface area contributed by atoms with E-state index < -0.39 is 0 Å². The molecular weight excluding hydrogens is 250 g/mol. The molecule has 0 radical (unpaired) electrons. The zero-order chi connectivity index (χ0) is 13.0. The highest BCUT2D eigenvalue weighted by Gasteiger charge is 2.14. The minimum atomic E-state index is -0.255. The van der Waals surface area contributed by atoms with Crippen LogP contribution in [-0.2, 0) is 6.42 Å². The predicted molar refractivity (Wildman–Crippen MR) is 70.7 cm³/mol. The molecule has 1 aromatic heterocycles. The maximum absolute atomic E-state index is 6.13. The fraction of sp³-hybridized carbons (Fsp3) is 0.231. The van der Waals surface area contributed by atoms with E-state index in [4.69, 9.17) is 22.1 Å². The van der Waals surface area contributed by atoms with Gasteiger partial charge in [-0.25, -0.2) is 4.98 Å². The van der Waals surface area contributed by atoms with E-state index in [1.54, 1.807) is 19.5 Å². The van der Waals surface area contributed by atoms with Gasteiger partial charge in [-0.3, -0.25) is 4.98 Å². The average molecular weight is 264 g/mol. The summed E-state index contributed by atoms with van der Waals surface area (Å²) >= 11 is 5.84. The number of ether oxygens (including phenoxy) is 1. The first-order valence-corrected chi connectivity index (χ1v) is 5.93. The van der Waals surface area contributed by atoms with Crippen molar-refractivity contribution in [2.75, 3.05) is 7.11 Å². The molecule has 1 atom stereocenters. The summed E-state index contributed by atoms with van der Waals surface area (Å²) in [6.07, 6.45) is 3.85. The van der Waals surface area contributed by atoms with Crippen molar-refractivity contribution in [1.29, 1.82) is 0 Å². The van der Waals surface area contributed by atoms with E-state index in [0.717, 1.165) is 5.56 Å². The second-order valence-electron chi connectivity index (χ2n) is 3.89. The summed E-state index contributed by atoms with van der Waals surface area (Å²) in [6, 6.07) is 7.33. The number of nitrogens with zero attached hydrogens (tertiary/aromatic N) is 2. The summed E-state index contributed by atoms with van der Waals surface area (Å²) in [5, 5.41) is 0.712. The first-order valence-electron chi connectivity index (χ1n) is 5.55. The first kappa shape index (κ1) is 12.8. The maximum atomic E-state index is 6.13. The number of rotatable bonds is 4. The number of nitrogens with two attached hydrogens (primary N) is 1. The molecule has 0 saturated heterocycles. The molecule has 0 fully saturated rings. The monoisotopic (exact) mass is 263 g/mol. The molecule has 1 heterocycles. The summed E-state index contributed by atoms with van der Waals surface area (Å²) in [7, 11) is 1.56. The molecule has 0 spiro atoms. The molecule has 2 rings (SSSR count). The number of halogens is 1. The van der Waals surface area contributed by atoms with Crippen molar-refractivity contribution in [2.24, 2.45) is 5.73 Å². The molecule has 0 saturated carbocycles. The number of benzene rings is 1. The Morgan fingerprint density at radius 2 is 1.89 bits per heavy atom. The fourth-order valence-electron chi connectivity index (χ4n) is 1.72. The Morgan fingerprint density at radius 3 is 2.56 bits per heavy atom. The van der Waals surface area contributed by atoms with Crippen molar-refractivity contribution in [1.82, 2.24) is 9.97 Å². The van der Waals surface area contributed by atoms with Crippen molar-refractivity contribution in [2.45, 2.75) is 12.5 Å². The number of aromatic nitrogens is 2. The minimum Gasteiger partial charge on any atom is -0.480 e. The second-order valence-corrected chi connectivity index (χ2v) is 4.32. The molecule has 0 aliphatic heterocycles. The second kappa shape index (κ2) is 5.80. The lowest BCUT2D eigenvalue weighted by Crippen LogP contribution is -2.16. The first-order chi connectivity index (χ1) is 8.70. The highest BCUT2D eigenvalue weighted by molar-refractivity contribution is 6.30. The lowest BCUT2D eigenvalue weighted by Gasteiger charge is -2.13. The van der Waals surface area contributed by atoms with Crippen molar-refractivity contribution < 1.29 is 4.74 Å². The van der Waals surface area contributed by atoms with Crippen LogP contribution in [0, 0.1) is 0 Å². The van der Waals surface area contributed by atoms with Gasteiger partial charge in [0, 0.05) is 17.4 Å². The largest absolute Gasteiger partial charge is 0.480 e. The molecular formula is C13H14ClN3O. The van der Waals surface area contributed by atoms with Crippen LogP contribution in [0.25, 0.3) is 0 Å². The van der Waals surface area contributed by atoms with Gasteiger partial charge in [0.05, 0.1) is 13.2 Å².